The molecule has 4 nitrogen and oxygen atoms in total. The molecule has 0 saturated carbocycles. The third-order valence-corrected chi connectivity index (χ3v) is 5.14. The van der Waals surface area contributed by atoms with Crippen LogP contribution in [0.3, 0.4) is 0 Å². The van der Waals surface area contributed by atoms with E-state index in [1.54, 1.807) is 47.0 Å². The zero-order chi connectivity index (χ0) is 21.6. The lowest BCUT2D eigenvalue weighted by Crippen LogP contribution is -2.18. The highest BCUT2D eigenvalue weighted by Crippen LogP contribution is 2.32. The Morgan fingerprint density at radius 3 is 2.33 bits per heavy atom. The average Bonchev–Trinajstić information content (AvgIpc) is 3.13. The number of nitrogens with zero attached hydrogens (tertiary/aromatic N) is 2. The molecule has 0 fully saturated rings. The highest BCUT2D eigenvalue weighted by Gasteiger charge is 2.24. The van der Waals surface area contributed by atoms with E-state index in [4.69, 9.17) is 0 Å². The van der Waals surface area contributed by atoms with E-state index in [1.807, 2.05) is 0 Å². The molecule has 0 atom stereocenters. The molecule has 4 aromatic rings. The van der Waals surface area contributed by atoms with Crippen LogP contribution in [0.4, 0.5) is 8.78 Å². The van der Waals surface area contributed by atoms with Crippen LogP contribution in [0.1, 0.15) is 36.7 Å². The highest BCUT2D eigenvalue weighted by atomic mass is 19.1. The van der Waals surface area contributed by atoms with Crippen LogP contribution in [0.25, 0.3) is 28.0 Å². The van der Waals surface area contributed by atoms with Gasteiger partial charge in [0.1, 0.15) is 5.82 Å². The molecule has 4 rings (SSSR count). The number of carbonyl (C=O) groups excluding carboxylic acids is 1. The number of hydrogen-bond acceptors (Lipinski definition) is 3. The summed E-state index contributed by atoms with van der Waals surface area (Å²) in [5.41, 5.74) is 1.69. The van der Waals surface area contributed by atoms with Gasteiger partial charge in [-0.05, 0) is 50.6 Å². The van der Waals surface area contributed by atoms with E-state index in [2.05, 4.69) is 4.98 Å². The normalized spacial score (nSPS) is 11.8. The molecule has 6 heteroatoms. The van der Waals surface area contributed by atoms with E-state index >= 15 is 0 Å². The number of rotatable bonds is 4. The van der Waals surface area contributed by atoms with Gasteiger partial charge in [-0.1, -0.05) is 24.3 Å². The Hall–Kier alpha value is -3.38. The first-order valence-corrected chi connectivity index (χ1v) is 9.46. The molecule has 2 heterocycles. The molecule has 2 aromatic carbocycles. The zero-order valence-electron chi connectivity index (χ0n) is 16.8. The Morgan fingerprint density at radius 2 is 1.70 bits per heavy atom. The average molecular weight is 406 g/mol. The standard InChI is InChI=1S/C24H20F2N2O2/c1-14(29)15-4-6-16(7-5-15)18-12-17(8-9-20(18)25)21-13-27-23-22(26)19(24(2,3)30)10-11-28(21)23/h4-13,30H,1-3H3. The Bertz CT molecular complexity index is 1270. The topological polar surface area (TPSA) is 54.6 Å². The van der Waals surface area contributed by atoms with Crippen molar-refractivity contribution < 1.29 is 18.7 Å². The fourth-order valence-corrected chi connectivity index (χ4v) is 3.49. The summed E-state index contributed by atoms with van der Waals surface area (Å²) in [5, 5.41) is 10.2. The van der Waals surface area contributed by atoms with E-state index in [9.17, 15) is 18.7 Å². The van der Waals surface area contributed by atoms with Crippen LogP contribution in [-0.2, 0) is 5.60 Å². The zero-order valence-corrected chi connectivity index (χ0v) is 16.8. The summed E-state index contributed by atoms with van der Waals surface area (Å²) in [4.78, 5) is 15.6. The molecule has 0 radical (unpaired) electrons. The molecule has 0 aliphatic carbocycles. The maximum absolute atomic E-state index is 14.9. The minimum atomic E-state index is -1.34. The summed E-state index contributed by atoms with van der Waals surface area (Å²) in [6, 6.07) is 12.9. The van der Waals surface area contributed by atoms with Gasteiger partial charge in [-0.2, -0.15) is 0 Å². The molecule has 2 aromatic heterocycles. The van der Waals surface area contributed by atoms with Crippen molar-refractivity contribution in [3.63, 3.8) is 0 Å². The van der Waals surface area contributed by atoms with Gasteiger partial charge >= 0.3 is 0 Å². The SMILES string of the molecule is CC(=O)c1ccc(-c2cc(-c3cnc4c(F)c(C(C)(C)O)ccn34)ccc2F)cc1. The molecule has 1 N–H and O–H groups in total. The number of carbonyl (C=O) groups is 1. The quantitative estimate of drug-likeness (QED) is 0.463. The summed E-state index contributed by atoms with van der Waals surface area (Å²) in [7, 11) is 0. The van der Waals surface area contributed by atoms with Crippen molar-refractivity contribution in [1.82, 2.24) is 9.38 Å². The first kappa shape index (κ1) is 19.9. The monoisotopic (exact) mass is 406 g/mol. The predicted octanol–water partition coefficient (Wildman–Crippen LogP) is 5.38. The van der Waals surface area contributed by atoms with Crippen molar-refractivity contribution in [2.75, 3.05) is 0 Å². The Kier molecular flexibility index (Phi) is 4.74. The summed E-state index contributed by atoms with van der Waals surface area (Å²) in [6.45, 7) is 4.49. The molecular formula is C24H20F2N2O2. The van der Waals surface area contributed by atoms with Crippen molar-refractivity contribution in [2.45, 2.75) is 26.4 Å². The number of pyridine rings is 1. The summed E-state index contributed by atoms with van der Waals surface area (Å²) in [6.07, 6.45) is 3.15. The number of Topliss-reactive ketones (excluding diaryl/α,β-unsaturated/α-hetero) is 1. The lowest BCUT2D eigenvalue weighted by Gasteiger charge is -2.18. The van der Waals surface area contributed by atoms with Gasteiger partial charge in [-0.3, -0.25) is 9.20 Å². The van der Waals surface area contributed by atoms with Crippen LogP contribution in [0.15, 0.2) is 60.9 Å². The van der Waals surface area contributed by atoms with Crippen molar-refractivity contribution in [1.29, 1.82) is 0 Å². The molecule has 0 amide bonds. The highest BCUT2D eigenvalue weighted by molar-refractivity contribution is 5.94. The van der Waals surface area contributed by atoms with Gasteiger partial charge in [0.15, 0.2) is 17.2 Å². The number of aliphatic hydroxyl groups is 1. The predicted molar refractivity (Wildman–Crippen MR) is 111 cm³/mol. The van der Waals surface area contributed by atoms with E-state index in [0.717, 1.165) is 0 Å². The van der Waals surface area contributed by atoms with Crippen LogP contribution in [0.2, 0.25) is 0 Å². The summed E-state index contributed by atoms with van der Waals surface area (Å²) in [5.74, 6) is -1.06. The Morgan fingerprint density at radius 1 is 1.03 bits per heavy atom. The minimum Gasteiger partial charge on any atom is -0.386 e. The van der Waals surface area contributed by atoms with E-state index in [0.29, 0.717) is 27.9 Å². The number of ketones is 1. The molecule has 0 aliphatic rings. The number of fused-ring (bicyclic) bond motifs is 1. The third-order valence-electron chi connectivity index (χ3n) is 5.14. The van der Waals surface area contributed by atoms with E-state index in [-0.39, 0.29) is 17.0 Å². The van der Waals surface area contributed by atoms with Gasteiger partial charge in [-0.15, -0.1) is 0 Å². The van der Waals surface area contributed by atoms with Crippen molar-refractivity contribution in [2.24, 2.45) is 0 Å². The van der Waals surface area contributed by atoms with Crippen LogP contribution in [0, 0.1) is 11.6 Å². The molecule has 152 valence electrons. The fourth-order valence-electron chi connectivity index (χ4n) is 3.49. The second-order valence-electron chi connectivity index (χ2n) is 7.77. The second kappa shape index (κ2) is 7.15. The smallest absolute Gasteiger partial charge is 0.174 e. The minimum absolute atomic E-state index is 0.0612. The van der Waals surface area contributed by atoms with Crippen LogP contribution >= 0.6 is 0 Å². The molecule has 0 bridgehead atoms. The first-order valence-electron chi connectivity index (χ1n) is 9.46. The molecule has 0 aliphatic heterocycles. The molecule has 0 unspecified atom stereocenters. The lowest BCUT2D eigenvalue weighted by atomic mass is 9.98. The van der Waals surface area contributed by atoms with Crippen LogP contribution in [0.5, 0.6) is 0 Å². The van der Waals surface area contributed by atoms with Gasteiger partial charge in [0.25, 0.3) is 0 Å². The summed E-state index contributed by atoms with van der Waals surface area (Å²) >= 11 is 0. The maximum atomic E-state index is 14.9. The number of aromatic nitrogens is 2. The Balaban J connectivity index is 1.82. The van der Waals surface area contributed by atoms with Gasteiger partial charge in [0, 0.05) is 28.5 Å². The third kappa shape index (κ3) is 3.39. The van der Waals surface area contributed by atoms with Crippen molar-refractivity contribution in [3.05, 3.63) is 83.7 Å². The lowest BCUT2D eigenvalue weighted by molar-refractivity contribution is 0.0746. The summed E-state index contributed by atoms with van der Waals surface area (Å²) < 4.78 is 31.0. The fraction of sp³-hybridized carbons (Fsp3) is 0.167. The molecule has 0 saturated heterocycles. The van der Waals surface area contributed by atoms with Crippen LogP contribution < -0.4 is 0 Å². The largest absolute Gasteiger partial charge is 0.386 e. The second-order valence-corrected chi connectivity index (χ2v) is 7.77. The molecular weight excluding hydrogens is 386 g/mol. The van der Waals surface area contributed by atoms with Gasteiger partial charge < -0.3 is 5.11 Å². The van der Waals surface area contributed by atoms with Crippen LogP contribution in [-0.4, -0.2) is 20.3 Å². The Labute approximate surface area is 172 Å². The van der Waals surface area contributed by atoms with Gasteiger partial charge in [0.2, 0.25) is 0 Å². The number of imidazole rings is 1. The van der Waals surface area contributed by atoms with Crippen molar-refractivity contribution >= 4 is 11.4 Å². The molecule has 30 heavy (non-hydrogen) atoms. The van der Waals surface area contributed by atoms with E-state index < -0.39 is 17.2 Å². The molecule has 0 spiro atoms. The maximum Gasteiger partial charge on any atom is 0.174 e. The van der Waals surface area contributed by atoms with Crippen molar-refractivity contribution in [3.8, 4) is 22.4 Å². The number of benzene rings is 2. The van der Waals surface area contributed by atoms with E-state index in [1.165, 1.54) is 39.1 Å². The first-order chi connectivity index (χ1) is 14.2. The number of halogens is 2. The van der Waals surface area contributed by atoms with Gasteiger partial charge in [0.05, 0.1) is 17.5 Å². The number of hydrogen-bond donors (Lipinski definition) is 1. The van der Waals surface area contributed by atoms with Gasteiger partial charge in [-0.25, -0.2) is 13.8 Å².